The number of likely N-dealkylation sites (N-methyl/N-ethyl adjacent to an activating group) is 1. The Morgan fingerprint density at radius 1 is 1.06 bits per heavy atom. The van der Waals surface area contributed by atoms with Crippen LogP contribution in [0.1, 0.15) is 24.1 Å². The van der Waals surface area contributed by atoms with Crippen LogP contribution in [0.3, 0.4) is 0 Å². The molecule has 5 heterocycles. The fourth-order valence-corrected chi connectivity index (χ4v) is 7.46. The van der Waals surface area contributed by atoms with Gasteiger partial charge in [-0.05, 0) is 50.4 Å². The van der Waals surface area contributed by atoms with E-state index in [4.69, 9.17) is 42.4 Å². The van der Waals surface area contributed by atoms with Gasteiger partial charge in [0.05, 0.1) is 24.4 Å². The lowest BCUT2D eigenvalue weighted by Crippen LogP contribution is -2.58. The standard InChI is InChI=1S/C34H38ClN7O5/c1-36-17-23-18-41(15-16-42(23)32(43)29-30(47-29)33(44)45-3)31-24-12-14-40(27-11-5-8-21-7-4-10-25(35)28(21)27)19-26(24)37-34(38-31)46-20-22-9-6-13-39(22)2/h4-5,7-8,10-11,22-23,29-30H,6,9,12-20H2,2-3H3/t22-,23-,29-,30+/m0/s1. The molecule has 246 valence electrons. The van der Waals surface area contributed by atoms with Gasteiger partial charge in [-0.2, -0.15) is 9.97 Å². The van der Waals surface area contributed by atoms with Crippen molar-refractivity contribution in [3.8, 4) is 6.01 Å². The van der Waals surface area contributed by atoms with Crippen molar-refractivity contribution in [1.82, 2.24) is 19.8 Å². The van der Waals surface area contributed by atoms with Crippen molar-refractivity contribution >= 4 is 45.8 Å². The number of epoxide rings is 1. The van der Waals surface area contributed by atoms with Crippen LogP contribution in [0.15, 0.2) is 36.4 Å². The van der Waals surface area contributed by atoms with Crippen LogP contribution in [0, 0.1) is 6.57 Å². The number of piperazine rings is 1. The summed E-state index contributed by atoms with van der Waals surface area (Å²) in [6.45, 7) is 11.9. The topological polar surface area (TPSA) is 108 Å². The summed E-state index contributed by atoms with van der Waals surface area (Å²) in [5, 5.41) is 2.82. The lowest BCUT2D eigenvalue weighted by Gasteiger charge is -2.41. The Morgan fingerprint density at radius 3 is 2.66 bits per heavy atom. The maximum atomic E-state index is 13.3. The summed E-state index contributed by atoms with van der Waals surface area (Å²) in [4.78, 5) is 47.3. The van der Waals surface area contributed by atoms with Gasteiger partial charge in [0.2, 0.25) is 6.54 Å². The van der Waals surface area contributed by atoms with Gasteiger partial charge in [0.15, 0.2) is 12.2 Å². The number of methoxy groups -OCH3 is 1. The molecule has 4 aliphatic rings. The second-order valence-electron chi connectivity index (χ2n) is 12.6. The Morgan fingerprint density at radius 2 is 1.89 bits per heavy atom. The van der Waals surface area contributed by atoms with Crippen molar-refractivity contribution in [2.75, 3.05) is 69.8 Å². The summed E-state index contributed by atoms with van der Waals surface area (Å²) in [6, 6.07) is 12.5. The number of carbonyl (C=O) groups is 2. The van der Waals surface area contributed by atoms with Gasteiger partial charge in [-0.1, -0.05) is 35.9 Å². The zero-order chi connectivity index (χ0) is 32.7. The van der Waals surface area contributed by atoms with E-state index < -0.39 is 24.2 Å². The van der Waals surface area contributed by atoms with Crippen molar-refractivity contribution in [2.45, 2.75) is 50.1 Å². The van der Waals surface area contributed by atoms with Gasteiger partial charge in [-0.3, -0.25) is 4.79 Å². The highest BCUT2D eigenvalue weighted by molar-refractivity contribution is 6.36. The number of likely N-dealkylation sites (tertiary alicyclic amines) is 1. The number of hydrogen-bond donors (Lipinski definition) is 0. The molecule has 0 bridgehead atoms. The summed E-state index contributed by atoms with van der Waals surface area (Å²) in [6.07, 6.45) is 1.17. The van der Waals surface area contributed by atoms with E-state index in [1.54, 1.807) is 4.90 Å². The van der Waals surface area contributed by atoms with Crippen LogP contribution in [0.4, 0.5) is 11.5 Å². The van der Waals surface area contributed by atoms with Crippen molar-refractivity contribution in [1.29, 1.82) is 0 Å². The first kappa shape index (κ1) is 31.4. The molecule has 3 fully saturated rings. The highest BCUT2D eigenvalue weighted by Gasteiger charge is 2.54. The molecule has 7 rings (SSSR count). The monoisotopic (exact) mass is 659 g/mol. The van der Waals surface area contributed by atoms with Crippen LogP contribution in [-0.2, 0) is 32.0 Å². The molecule has 3 saturated heterocycles. The van der Waals surface area contributed by atoms with Crippen LogP contribution >= 0.6 is 11.6 Å². The molecule has 47 heavy (non-hydrogen) atoms. The zero-order valence-corrected chi connectivity index (χ0v) is 27.4. The number of ether oxygens (including phenoxy) is 3. The van der Waals surface area contributed by atoms with Gasteiger partial charge in [0, 0.05) is 48.9 Å². The second kappa shape index (κ2) is 13.1. The number of benzene rings is 2. The number of halogens is 1. The smallest absolute Gasteiger partial charge is 0.338 e. The maximum absolute atomic E-state index is 13.3. The van der Waals surface area contributed by atoms with Gasteiger partial charge in [-0.25, -0.2) is 11.4 Å². The molecule has 4 aliphatic heterocycles. The molecule has 13 heteroatoms. The van der Waals surface area contributed by atoms with E-state index >= 15 is 0 Å². The van der Waals surface area contributed by atoms with Crippen LogP contribution < -0.4 is 14.5 Å². The van der Waals surface area contributed by atoms with Crippen molar-refractivity contribution in [3.05, 3.63) is 64.1 Å². The third-order valence-electron chi connectivity index (χ3n) is 9.81. The van der Waals surface area contributed by atoms with Crippen molar-refractivity contribution in [3.63, 3.8) is 0 Å². The van der Waals surface area contributed by atoms with Gasteiger partial charge < -0.3 is 38.7 Å². The average Bonchev–Trinajstić information content (AvgIpc) is 3.79. The number of aromatic nitrogens is 2. The highest BCUT2D eigenvalue weighted by atomic mass is 35.5. The Kier molecular flexibility index (Phi) is 8.79. The summed E-state index contributed by atoms with van der Waals surface area (Å²) in [5.74, 6) is -0.0578. The molecule has 4 atom stereocenters. The van der Waals surface area contributed by atoms with E-state index in [0.717, 1.165) is 59.5 Å². The lowest BCUT2D eigenvalue weighted by molar-refractivity contribution is -0.142. The largest absolute Gasteiger partial charge is 0.467 e. The average molecular weight is 660 g/mol. The van der Waals surface area contributed by atoms with Gasteiger partial charge in [0.1, 0.15) is 18.5 Å². The van der Waals surface area contributed by atoms with Gasteiger partial charge in [0.25, 0.3) is 5.91 Å². The Hall–Kier alpha value is -4.18. The first-order valence-electron chi connectivity index (χ1n) is 16.1. The minimum Gasteiger partial charge on any atom is -0.467 e. The second-order valence-corrected chi connectivity index (χ2v) is 13.0. The predicted octanol–water partition coefficient (Wildman–Crippen LogP) is 3.20. The number of amides is 1. The zero-order valence-electron chi connectivity index (χ0n) is 26.6. The fraction of sp³-hybridized carbons (Fsp3) is 0.500. The molecular formula is C34H38ClN7O5. The highest BCUT2D eigenvalue weighted by Crippen LogP contribution is 2.37. The third kappa shape index (κ3) is 6.15. The number of rotatable bonds is 8. The fourth-order valence-electron chi connectivity index (χ4n) is 7.18. The van der Waals surface area contributed by atoms with Crippen LogP contribution in [0.5, 0.6) is 6.01 Å². The molecule has 0 spiro atoms. The molecule has 2 aromatic carbocycles. The predicted molar refractivity (Wildman–Crippen MR) is 177 cm³/mol. The van der Waals surface area contributed by atoms with Crippen molar-refractivity contribution in [2.24, 2.45) is 0 Å². The number of esters is 1. The molecule has 0 radical (unpaired) electrons. The minimum absolute atomic E-state index is 0.123. The Balaban J connectivity index is 1.18. The van der Waals surface area contributed by atoms with E-state index in [1.165, 1.54) is 7.11 Å². The molecule has 0 aliphatic carbocycles. The third-order valence-corrected chi connectivity index (χ3v) is 10.1. The van der Waals surface area contributed by atoms with Crippen molar-refractivity contribution < 1.29 is 23.8 Å². The van der Waals surface area contributed by atoms with E-state index in [9.17, 15) is 9.59 Å². The van der Waals surface area contributed by atoms with E-state index in [0.29, 0.717) is 56.3 Å². The van der Waals surface area contributed by atoms with E-state index in [-0.39, 0.29) is 12.5 Å². The summed E-state index contributed by atoms with van der Waals surface area (Å²) in [7, 11) is 3.39. The molecule has 1 amide bonds. The molecule has 3 aromatic rings. The van der Waals surface area contributed by atoms with Gasteiger partial charge in [-0.15, -0.1) is 0 Å². The maximum Gasteiger partial charge on any atom is 0.338 e. The van der Waals surface area contributed by atoms with E-state index in [1.807, 2.05) is 12.1 Å². The minimum atomic E-state index is -0.883. The summed E-state index contributed by atoms with van der Waals surface area (Å²) < 4.78 is 16.4. The SMILES string of the molecule is [C-]#[N+]C[C@H]1CN(c2nc(OC[C@@H]3CCCN3C)nc3c2CCN(c2cccc4cccc(Cl)c24)C3)CCN1C(=O)[C@H]1O[C@H]1C(=O)OC. The number of fused-ring (bicyclic) bond motifs is 2. The summed E-state index contributed by atoms with van der Waals surface area (Å²) >= 11 is 6.71. The number of carbonyl (C=O) groups excluding carboxylic acids is 2. The number of anilines is 2. The van der Waals surface area contributed by atoms with E-state index in [2.05, 4.69) is 50.9 Å². The molecule has 12 nitrogen and oxygen atoms in total. The van der Waals surface area contributed by atoms with Gasteiger partial charge >= 0.3 is 12.0 Å². The Labute approximate surface area is 278 Å². The normalized spacial score (nSPS) is 24.2. The quantitative estimate of drug-likeness (QED) is 0.203. The molecule has 0 N–H and O–H groups in total. The summed E-state index contributed by atoms with van der Waals surface area (Å²) in [5.41, 5.74) is 3.01. The Bertz CT molecular complexity index is 1730. The van der Waals surface area contributed by atoms with Crippen LogP contribution in [0.2, 0.25) is 5.02 Å². The first-order valence-corrected chi connectivity index (χ1v) is 16.5. The molecular weight excluding hydrogens is 622 g/mol. The molecule has 1 aromatic heterocycles. The number of hydrogen-bond acceptors (Lipinski definition) is 10. The molecule has 0 unspecified atom stereocenters. The number of nitrogens with zero attached hydrogens (tertiary/aromatic N) is 7. The van der Waals surface area contributed by atoms with Crippen LogP contribution in [-0.4, -0.2) is 116 Å². The first-order chi connectivity index (χ1) is 22.9. The van der Waals surface area contributed by atoms with Crippen LogP contribution in [0.25, 0.3) is 15.6 Å². The molecule has 0 saturated carbocycles. The lowest BCUT2D eigenvalue weighted by atomic mass is 10.0.